The average Bonchev–Trinajstić information content (AvgIpc) is 2.83. The minimum Gasteiger partial charge on any atom is -0.493 e. The lowest BCUT2D eigenvalue weighted by Gasteiger charge is -2.19. The summed E-state index contributed by atoms with van der Waals surface area (Å²) in [4.78, 5) is 17.7. The Morgan fingerprint density at radius 3 is 2.15 bits per heavy atom. The number of hydrogen-bond acceptors (Lipinski definition) is 7. The van der Waals surface area contributed by atoms with Gasteiger partial charge in [0.05, 0.1) is 56.7 Å². The Bertz CT molecular complexity index is 1150. The van der Waals surface area contributed by atoms with Crippen LogP contribution >= 0.6 is 11.6 Å². The molecule has 0 aliphatic rings. The molecule has 1 heterocycles. The Balaban J connectivity index is 2.43. The van der Waals surface area contributed by atoms with Crippen molar-refractivity contribution >= 4 is 28.5 Å². The van der Waals surface area contributed by atoms with Crippen LogP contribution in [0.4, 0.5) is 0 Å². The number of ether oxygens (including phenoxy) is 5. The van der Waals surface area contributed by atoms with Crippen LogP contribution in [0.25, 0.3) is 22.0 Å². The van der Waals surface area contributed by atoms with Gasteiger partial charge in [-0.1, -0.05) is 6.07 Å². The van der Waals surface area contributed by atoms with Crippen LogP contribution in [0.3, 0.4) is 0 Å². The van der Waals surface area contributed by atoms with Crippen molar-refractivity contribution in [2.45, 2.75) is 26.7 Å². The van der Waals surface area contributed by atoms with Gasteiger partial charge in [0, 0.05) is 17.0 Å². The number of pyridine rings is 1. The number of halogens is 1. The third kappa shape index (κ3) is 4.93. The van der Waals surface area contributed by atoms with Gasteiger partial charge in [-0.05, 0) is 44.5 Å². The number of methoxy groups -OCH3 is 2. The smallest absolute Gasteiger partial charge is 0.340 e. The molecule has 33 heavy (non-hydrogen) atoms. The van der Waals surface area contributed by atoms with Gasteiger partial charge >= 0.3 is 5.97 Å². The van der Waals surface area contributed by atoms with E-state index < -0.39 is 5.97 Å². The van der Waals surface area contributed by atoms with Gasteiger partial charge in [-0.15, -0.1) is 11.6 Å². The monoisotopic (exact) mass is 473 g/mol. The van der Waals surface area contributed by atoms with Crippen molar-refractivity contribution in [3.05, 3.63) is 41.6 Å². The molecule has 1 aromatic heterocycles. The predicted molar refractivity (Wildman–Crippen MR) is 128 cm³/mol. The second-order valence-electron chi connectivity index (χ2n) is 6.91. The van der Waals surface area contributed by atoms with Crippen LogP contribution in [-0.4, -0.2) is 45.0 Å². The Labute approximate surface area is 198 Å². The number of rotatable bonds is 10. The van der Waals surface area contributed by atoms with Crippen molar-refractivity contribution in [1.29, 1.82) is 0 Å². The molecule has 0 radical (unpaired) electrons. The molecule has 0 unspecified atom stereocenters. The molecule has 0 bridgehead atoms. The van der Waals surface area contributed by atoms with E-state index in [1.165, 1.54) is 0 Å². The Hall–Kier alpha value is -3.19. The lowest BCUT2D eigenvalue weighted by molar-refractivity contribution is 0.0526. The predicted octanol–water partition coefficient (Wildman–Crippen LogP) is 5.63. The molecular weight excluding hydrogens is 446 g/mol. The summed E-state index contributed by atoms with van der Waals surface area (Å²) in [6.07, 6.45) is 0. The number of carbonyl (C=O) groups is 1. The molecule has 0 N–H and O–H groups in total. The van der Waals surface area contributed by atoms with Gasteiger partial charge in [0.25, 0.3) is 0 Å². The van der Waals surface area contributed by atoms with E-state index in [1.807, 2.05) is 32.0 Å². The Morgan fingerprint density at radius 1 is 0.879 bits per heavy atom. The minimum atomic E-state index is -0.501. The van der Waals surface area contributed by atoms with Crippen LogP contribution in [0.1, 0.15) is 36.8 Å². The summed E-state index contributed by atoms with van der Waals surface area (Å²) in [6.45, 7) is 6.74. The maximum absolute atomic E-state index is 13.1. The second kappa shape index (κ2) is 11.1. The molecule has 3 rings (SSSR count). The third-order valence-electron chi connectivity index (χ3n) is 5.00. The highest BCUT2D eigenvalue weighted by Crippen LogP contribution is 2.42. The van der Waals surface area contributed by atoms with Crippen LogP contribution in [0.2, 0.25) is 0 Å². The fraction of sp³-hybridized carbons (Fsp3) is 0.360. The molecule has 176 valence electrons. The highest BCUT2D eigenvalue weighted by Gasteiger charge is 2.25. The largest absolute Gasteiger partial charge is 0.493 e. The van der Waals surface area contributed by atoms with E-state index in [-0.39, 0.29) is 12.5 Å². The standard InChI is InChI=1S/C25H28ClNO6/c1-6-31-19-10-9-15(11-22(19)32-7-2)23-16-12-20(29-4)21(30-5)13-17(16)27-18(14-26)24(23)25(28)33-8-3/h9-13H,6-8,14H2,1-5H3. The zero-order valence-electron chi connectivity index (χ0n) is 19.5. The molecule has 8 heteroatoms. The number of carbonyl (C=O) groups excluding carboxylic acids is 1. The van der Waals surface area contributed by atoms with Crippen LogP contribution < -0.4 is 18.9 Å². The molecule has 0 saturated heterocycles. The summed E-state index contributed by atoms with van der Waals surface area (Å²) in [5.74, 6) is 1.76. The molecule has 0 fully saturated rings. The summed E-state index contributed by atoms with van der Waals surface area (Å²) >= 11 is 6.24. The first-order valence-electron chi connectivity index (χ1n) is 10.7. The zero-order chi connectivity index (χ0) is 24.0. The van der Waals surface area contributed by atoms with Crippen LogP contribution in [-0.2, 0) is 10.6 Å². The van der Waals surface area contributed by atoms with E-state index >= 15 is 0 Å². The lowest BCUT2D eigenvalue weighted by atomic mass is 9.93. The van der Waals surface area contributed by atoms with Gasteiger partial charge in [0.1, 0.15) is 0 Å². The van der Waals surface area contributed by atoms with Crippen LogP contribution in [0.15, 0.2) is 30.3 Å². The summed E-state index contributed by atoms with van der Waals surface area (Å²) in [5, 5.41) is 0.691. The van der Waals surface area contributed by atoms with Crippen LogP contribution in [0.5, 0.6) is 23.0 Å². The second-order valence-corrected chi connectivity index (χ2v) is 7.18. The topological polar surface area (TPSA) is 76.1 Å². The number of fused-ring (bicyclic) bond motifs is 1. The summed E-state index contributed by atoms with van der Waals surface area (Å²) < 4.78 is 27.9. The summed E-state index contributed by atoms with van der Waals surface area (Å²) in [6, 6.07) is 9.11. The van der Waals surface area contributed by atoms with Gasteiger partial charge in [0.15, 0.2) is 23.0 Å². The van der Waals surface area contributed by atoms with Gasteiger partial charge in [-0.25, -0.2) is 4.79 Å². The number of hydrogen-bond donors (Lipinski definition) is 0. The van der Waals surface area contributed by atoms with E-state index in [2.05, 4.69) is 4.98 Å². The summed E-state index contributed by atoms with van der Waals surface area (Å²) in [7, 11) is 3.11. The molecule has 0 atom stereocenters. The molecular formula is C25H28ClNO6. The van der Waals surface area contributed by atoms with E-state index in [0.717, 1.165) is 5.56 Å². The van der Waals surface area contributed by atoms with Crippen molar-refractivity contribution in [2.75, 3.05) is 34.0 Å². The molecule has 0 spiro atoms. The van der Waals surface area contributed by atoms with E-state index in [9.17, 15) is 4.79 Å². The van der Waals surface area contributed by atoms with Crippen molar-refractivity contribution in [2.24, 2.45) is 0 Å². The van der Waals surface area contributed by atoms with Crippen molar-refractivity contribution in [3.8, 4) is 34.1 Å². The van der Waals surface area contributed by atoms with E-state index in [4.69, 9.17) is 35.3 Å². The fourth-order valence-corrected chi connectivity index (χ4v) is 3.86. The molecule has 0 aliphatic carbocycles. The maximum atomic E-state index is 13.1. The number of benzene rings is 2. The minimum absolute atomic E-state index is 0.0286. The molecule has 3 aromatic rings. The summed E-state index contributed by atoms with van der Waals surface area (Å²) in [5.41, 5.74) is 2.68. The fourth-order valence-electron chi connectivity index (χ4n) is 3.67. The highest BCUT2D eigenvalue weighted by molar-refractivity contribution is 6.18. The van der Waals surface area contributed by atoms with Gasteiger partial charge < -0.3 is 23.7 Å². The molecule has 0 saturated carbocycles. The number of aromatic nitrogens is 1. The number of esters is 1. The van der Waals surface area contributed by atoms with E-state index in [0.29, 0.717) is 63.9 Å². The van der Waals surface area contributed by atoms with Crippen molar-refractivity contribution in [3.63, 3.8) is 0 Å². The highest BCUT2D eigenvalue weighted by atomic mass is 35.5. The average molecular weight is 474 g/mol. The molecule has 0 aliphatic heterocycles. The number of nitrogens with zero attached hydrogens (tertiary/aromatic N) is 1. The van der Waals surface area contributed by atoms with E-state index in [1.54, 1.807) is 33.3 Å². The van der Waals surface area contributed by atoms with Crippen molar-refractivity contribution < 1.29 is 28.5 Å². The third-order valence-corrected chi connectivity index (χ3v) is 5.26. The van der Waals surface area contributed by atoms with Gasteiger partial charge in [-0.3, -0.25) is 4.98 Å². The quantitative estimate of drug-likeness (QED) is 0.279. The molecule has 7 nitrogen and oxygen atoms in total. The first kappa shape index (κ1) is 24.5. The molecule has 0 amide bonds. The first-order valence-corrected chi connectivity index (χ1v) is 11.3. The lowest BCUT2D eigenvalue weighted by Crippen LogP contribution is -2.12. The van der Waals surface area contributed by atoms with Gasteiger partial charge in [0.2, 0.25) is 0 Å². The maximum Gasteiger partial charge on any atom is 0.340 e. The van der Waals surface area contributed by atoms with Crippen molar-refractivity contribution in [1.82, 2.24) is 4.98 Å². The molecule has 2 aromatic carbocycles. The SMILES string of the molecule is CCOC(=O)c1c(CCl)nc2cc(OC)c(OC)cc2c1-c1ccc(OCC)c(OCC)c1. The zero-order valence-corrected chi connectivity index (χ0v) is 20.2. The van der Waals surface area contributed by atoms with Gasteiger partial charge in [-0.2, -0.15) is 0 Å². The Morgan fingerprint density at radius 2 is 1.55 bits per heavy atom. The number of alkyl halides is 1. The normalized spacial score (nSPS) is 10.7. The van der Waals surface area contributed by atoms with Crippen LogP contribution in [0, 0.1) is 0 Å². The first-order chi connectivity index (χ1) is 16.0. The Kier molecular flexibility index (Phi) is 8.22.